The first-order valence-corrected chi connectivity index (χ1v) is 9.07. The molecule has 0 aliphatic heterocycles. The van der Waals surface area contributed by atoms with Crippen LogP contribution in [-0.4, -0.2) is 20.7 Å². The summed E-state index contributed by atoms with van der Waals surface area (Å²) >= 11 is 12.2. The molecular formula is C18H10Cl2N6O5. The third-order valence-electron chi connectivity index (χ3n) is 3.86. The van der Waals surface area contributed by atoms with Crippen molar-refractivity contribution in [3.05, 3.63) is 96.8 Å². The van der Waals surface area contributed by atoms with Crippen LogP contribution in [-0.2, 0) is 0 Å². The van der Waals surface area contributed by atoms with Crippen molar-refractivity contribution >= 4 is 51.9 Å². The van der Waals surface area contributed by atoms with E-state index in [1.807, 2.05) is 0 Å². The van der Waals surface area contributed by atoms with Crippen LogP contribution in [0.2, 0.25) is 10.0 Å². The van der Waals surface area contributed by atoms with E-state index in [-0.39, 0.29) is 38.4 Å². The van der Waals surface area contributed by atoms with Gasteiger partial charge in [0, 0.05) is 36.7 Å². The highest BCUT2D eigenvalue weighted by Gasteiger charge is 2.22. The van der Waals surface area contributed by atoms with E-state index in [0.29, 0.717) is 0 Å². The molecule has 0 aliphatic carbocycles. The van der Waals surface area contributed by atoms with Gasteiger partial charge in [-0.1, -0.05) is 28.4 Å². The van der Waals surface area contributed by atoms with Gasteiger partial charge in [-0.25, -0.2) is 0 Å². The van der Waals surface area contributed by atoms with Crippen LogP contribution >= 0.6 is 23.2 Å². The van der Waals surface area contributed by atoms with E-state index < -0.39 is 15.8 Å². The molecule has 13 heteroatoms. The summed E-state index contributed by atoms with van der Waals surface area (Å²) in [7, 11) is 0. The largest absolute Gasteiger partial charge is 0.281 e. The van der Waals surface area contributed by atoms with Crippen LogP contribution in [0.15, 0.2) is 71.3 Å². The van der Waals surface area contributed by atoms with Gasteiger partial charge in [-0.3, -0.25) is 30.0 Å². The third kappa shape index (κ3) is 4.97. The number of nitrogens with zero attached hydrogens (tertiary/aromatic N) is 6. The van der Waals surface area contributed by atoms with Crippen molar-refractivity contribution in [3.8, 4) is 0 Å². The number of hydrogen-bond donors (Lipinski definition) is 0. The lowest BCUT2D eigenvalue weighted by molar-refractivity contribution is -0.385. The molecule has 0 saturated heterocycles. The number of carbonyl (C=O) groups is 1. The lowest BCUT2D eigenvalue weighted by Crippen LogP contribution is -2.25. The number of pyridine rings is 1. The average Bonchev–Trinajstić information content (AvgIpc) is 2.75. The van der Waals surface area contributed by atoms with Crippen LogP contribution < -0.4 is 5.01 Å². The number of anilines is 1. The maximum absolute atomic E-state index is 13.0. The molecule has 3 aromatic rings. The van der Waals surface area contributed by atoms with Crippen molar-refractivity contribution in [2.45, 2.75) is 0 Å². The molecule has 0 fully saturated rings. The van der Waals surface area contributed by atoms with Crippen LogP contribution in [0.3, 0.4) is 0 Å². The number of carbonyl (C=O) groups excluding carboxylic acids is 1. The molecule has 0 N–H and O–H groups in total. The van der Waals surface area contributed by atoms with Crippen LogP contribution in [0.4, 0.5) is 22.7 Å². The van der Waals surface area contributed by atoms with E-state index in [4.69, 9.17) is 23.2 Å². The normalized spacial score (nSPS) is 10.8. The Labute approximate surface area is 183 Å². The summed E-state index contributed by atoms with van der Waals surface area (Å²) in [5.41, 5.74) is -0.314. The highest BCUT2D eigenvalue weighted by atomic mass is 35.5. The second kappa shape index (κ2) is 9.24. The monoisotopic (exact) mass is 460 g/mol. The maximum atomic E-state index is 13.0. The fourth-order valence-electron chi connectivity index (χ4n) is 2.37. The summed E-state index contributed by atoms with van der Waals surface area (Å²) in [5.74, 6) is -0.675. The van der Waals surface area contributed by atoms with Crippen LogP contribution in [0.25, 0.3) is 0 Å². The van der Waals surface area contributed by atoms with Gasteiger partial charge in [0.1, 0.15) is 5.69 Å². The molecule has 0 saturated carbocycles. The zero-order valence-corrected chi connectivity index (χ0v) is 16.8. The molecule has 0 spiro atoms. The molecule has 1 aromatic heterocycles. The topological polar surface area (TPSA) is 144 Å². The molecule has 0 radical (unpaired) electrons. The Kier molecular flexibility index (Phi) is 6.48. The molecular weight excluding hydrogens is 451 g/mol. The van der Waals surface area contributed by atoms with Gasteiger partial charge >= 0.3 is 0 Å². The second-order valence-corrected chi connectivity index (χ2v) is 6.65. The summed E-state index contributed by atoms with van der Waals surface area (Å²) in [5, 5.41) is 30.2. The quantitative estimate of drug-likeness (QED) is 0.267. The average molecular weight is 461 g/mol. The Hall–Kier alpha value is -3.96. The van der Waals surface area contributed by atoms with Crippen LogP contribution in [0.5, 0.6) is 0 Å². The molecule has 1 heterocycles. The van der Waals surface area contributed by atoms with Crippen molar-refractivity contribution in [1.82, 2.24) is 4.98 Å². The Morgan fingerprint density at radius 1 is 0.968 bits per heavy atom. The predicted octanol–water partition coefficient (Wildman–Crippen LogP) is 5.55. The number of amides is 1. The van der Waals surface area contributed by atoms with Gasteiger partial charge in [-0.05, 0) is 24.3 Å². The second-order valence-electron chi connectivity index (χ2n) is 5.83. The number of nitro benzene ring substituents is 2. The molecule has 11 nitrogen and oxygen atoms in total. The number of aromatic nitrogens is 1. The van der Waals surface area contributed by atoms with Crippen LogP contribution in [0, 0.1) is 20.2 Å². The first-order chi connectivity index (χ1) is 14.8. The Morgan fingerprint density at radius 2 is 1.61 bits per heavy atom. The first-order valence-electron chi connectivity index (χ1n) is 8.32. The third-order valence-corrected chi connectivity index (χ3v) is 4.46. The standard InChI is InChI=1S/C18H10Cl2N6O5/c19-14-8-12(25(28)29)3-5-16(14)22-23-24(18(27)11-2-1-7-21-10-11)17-6-4-13(26(30)31)9-15(17)20/h1-10H. The summed E-state index contributed by atoms with van der Waals surface area (Å²) in [4.78, 5) is 37.4. The van der Waals surface area contributed by atoms with Gasteiger partial charge in [-0.15, -0.1) is 5.11 Å². The van der Waals surface area contributed by atoms with Gasteiger partial charge in [0.2, 0.25) is 0 Å². The molecule has 0 aliphatic rings. The van der Waals surface area contributed by atoms with Gasteiger partial charge in [0.25, 0.3) is 17.3 Å². The highest BCUT2D eigenvalue weighted by molar-refractivity contribution is 6.34. The summed E-state index contributed by atoms with van der Waals surface area (Å²) in [6, 6.07) is 9.99. The Morgan fingerprint density at radius 3 is 2.16 bits per heavy atom. The van der Waals surface area contributed by atoms with Crippen molar-refractivity contribution in [2.75, 3.05) is 5.01 Å². The molecule has 3 rings (SSSR count). The van der Waals surface area contributed by atoms with E-state index in [9.17, 15) is 25.0 Å². The van der Waals surface area contributed by atoms with Gasteiger partial charge in [-0.2, -0.15) is 5.01 Å². The van der Waals surface area contributed by atoms with E-state index >= 15 is 0 Å². The van der Waals surface area contributed by atoms with Crippen molar-refractivity contribution in [2.24, 2.45) is 10.3 Å². The number of nitro groups is 2. The zero-order chi connectivity index (χ0) is 22.5. The van der Waals surface area contributed by atoms with E-state index in [1.54, 1.807) is 0 Å². The lowest BCUT2D eigenvalue weighted by Gasteiger charge is -2.17. The SMILES string of the molecule is O=C(c1cccnc1)N(N=Nc1ccc([N+](=O)[O-])cc1Cl)c1ccc([N+](=O)[O-])cc1Cl. The van der Waals surface area contributed by atoms with Gasteiger partial charge in [0.15, 0.2) is 0 Å². The predicted molar refractivity (Wildman–Crippen MR) is 112 cm³/mol. The lowest BCUT2D eigenvalue weighted by atomic mass is 10.2. The summed E-state index contributed by atoms with van der Waals surface area (Å²) in [6.45, 7) is 0. The Bertz CT molecular complexity index is 1210. The first kappa shape index (κ1) is 21.7. The minimum Gasteiger partial charge on any atom is -0.267 e. The molecule has 2 aromatic carbocycles. The minimum absolute atomic E-state index is 0.0166. The molecule has 31 heavy (non-hydrogen) atoms. The molecule has 1 amide bonds. The number of benzene rings is 2. The van der Waals surface area contributed by atoms with E-state index in [1.165, 1.54) is 42.7 Å². The van der Waals surface area contributed by atoms with Gasteiger partial charge < -0.3 is 0 Å². The highest BCUT2D eigenvalue weighted by Crippen LogP contribution is 2.33. The molecule has 156 valence electrons. The van der Waals surface area contributed by atoms with Crippen molar-refractivity contribution in [3.63, 3.8) is 0 Å². The van der Waals surface area contributed by atoms with E-state index in [0.717, 1.165) is 23.2 Å². The number of rotatable bonds is 6. The van der Waals surface area contributed by atoms with Crippen molar-refractivity contribution in [1.29, 1.82) is 0 Å². The summed E-state index contributed by atoms with van der Waals surface area (Å²) in [6.07, 6.45) is 2.77. The molecule has 0 bridgehead atoms. The number of non-ortho nitro benzene ring substituents is 2. The zero-order valence-electron chi connectivity index (χ0n) is 15.3. The molecule has 0 atom stereocenters. The summed E-state index contributed by atoms with van der Waals surface area (Å²) < 4.78 is 0. The molecule has 0 unspecified atom stereocenters. The fraction of sp³-hybridized carbons (Fsp3) is 0. The smallest absolute Gasteiger partial charge is 0.267 e. The van der Waals surface area contributed by atoms with Crippen LogP contribution in [0.1, 0.15) is 10.4 Å². The maximum Gasteiger partial charge on any atom is 0.281 e. The fourth-order valence-corrected chi connectivity index (χ4v) is 2.84. The van der Waals surface area contributed by atoms with Crippen molar-refractivity contribution < 1.29 is 14.6 Å². The van der Waals surface area contributed by atoms with Gasteiger partial charge in [0.05, 0.1) is 31.1 Å². The minimum atomic E-state index is -0.675. The van der Waals surface area contributed by atoms with E-state index in [2.05, 4.69) is 15.3 Å². The number of hydrogen-bond acceptors (Lipinski definition) is 8. The Balaban J connectivity index is 2.05. The number of halogens is 2.